The van der Waals surface area contributed by atoms with Crippen LogP contribution in [0.4, 0.5) is 13.2 Å². The van der Waals surface area contributed by atoms with Crippen LogP contribution in [0, 0.1) is 0 Å². The number of hydrogen-bond donors (Lipinski definition) is 1. The highest BCUT2D eigenvalue weighted by Crippen LogP contribution is 2.29. The number of halogens is 3. The Balaban J connectivity index is 1.05. The van der Waals surface area contributed by atoms with Crippen LogP contribution in [0.25, 0.3) is 11.1 Å². The molecule has 8 heteroatoms. The third-order valence-corrected chi connectivity index (χ3v) is 7.01. The molecule has 0 saturated carbocycles. The average Bonchev–Trinajstić information content (AvgIpc) is 2.98. The molecule has 1 aromatic heterocycles. The van der Waals surface area contributed by atoms with Gasteiger partial charge in [-0.15, -0.1) is 0 Å². The number of pyridine rings is 1. The van der Waals surface area contributed by atoms with E-state index in [1.165, 1.54) is 0 Å². The molecule has 1 aliphatic rings. The number of carbonyl (C=O) groups excluding carboxylic acids is 1. The van der Waals surface area contributed by atoms with Crippen LogP contribution in [0.3, 0.4) is 0 Å². The molecule has 1 aliphatic heterocycles. The Labute approximate surface area is 231 Å². The van der Waals surface area contributed by atoms with E-state index in [9.17, 15) is 18.0 Å². The number of rotatable bonds is 8. The molecule has 2 heterocycles. The van der Waals surface area contributed by atoms with Crippen LogP contribution in [-0.4, -0.2) is 35.0 Å². The summed E-state index contributed by atoms with van der Waals surface area (Å²) in [4.78, 5) is 19.2. The monoisotopic (exact) mass is 545 g/mol. The van der Waals surface area contributed by atoms with Gasteiger partial charge in [-0.2, -0.15) is 13.2 Å². The van der Waals surface area contributed by atoms with Crippen LogP contribution in [0.15, 0.2) is 97.2 Å². The standard InChI is InChI=1S/C32H30F3N3O2/c33-32(34,35)28-13-6-23(7-14-28)22-38-18-16-29(17-19-38)40-30-15-8-24(20-36-30)21-37-31(39)27-11-9-26(10-12-27)25-4-2-1-3-5-25/h1-15,20,29H,16-19,21-22H2,(H,37,39). The average molecular weight is 546 g/mol. The van der Waals surface area contributed by atoms with Gasteiger partial charge in [0.1, 0.15) is 6.10 Å². The smallest absolute Gasteiger partial charge is 0.416 e. The molecule has 0 radical (unpaired) electrons. The molecule has 1 N–H and O–H groups in total. The van der Waals surface area contributed by atoms with Gasteiger partial charge in [0.2, 0.25) is 5.88 Å². The zero-order valence-corrected chi connectivity index (χ0v) is 21.9. The number of ether oxygens (including phenoxy) is 1. The van der Waals surface area contributed by atoms with Gasteiger partial charge in [-0.1, -0.05) is 60.7 Å². The minimum Gasteiger partial charge on any atom is -0.474 e. The molecule has 4 aromatic rings. The molecule has 206 valence electrons. The van der Waals surface area contributed by atoms with Crippen molar-refractivity contribution in [3.05, 3.63) is 119 Å². The highest BCUT2D eigenvalue weighted by Gasteiger charge is 2.30. The summed E-state index contributed by atoms with van der Waals surface area (Å²) in [6, 6.07) is 26.6. The molecule has 0 aliphatic carbocycles. The Hall–Kier alpha value is -4.17. The van der Waals surface area contributed by atoms with Crippen LogP contribution in [-0.2, 0) is 19.3 Å². The molecule has 1 fully saturated rings. The summed E-state index contributed by atoms with van der Waals surface area (Å²) in [5, 5.41) is 2.93. The SMILES string of the molecule is O=C(NCc1ccc(OC2CCN(Cc3ccc(C(F)(F)F)cc3)CC2)nc1)c1ccc(-c2ccccc2)cc1. The van der Waals surface area contributed by atoms with E-state index in [1.54, 1.807) is 18.3 Å². The van der Waals surface area contributed by atoms with Crippen molar-refractivity contribution in [1.82, 2.24) is 15.2 Å². The summed E-state index contributed by atoms with van der Waals surface area (Å²) in [7, 11) is 0. The zero-order valence-electron chi connectivity index (χ0n) is 21.9. The lowest BCUT2D eigenvalue weighted by Gasteiger charge is -2.32. The number of aromatic nitrogens is 1. The summed E-state index contributed by atoms with van der Waals surface area (Å²) in [6.07, 6.45) is -0.967. The number of nitrogens with one attached hydrogen (secondary N) is 1. The predicted octanol–water partition coefficient (Wildman–Crippen LogP) is 6.74. The lowest BCUT2D eigenvalue weighted by atomic mass is 10.0. The van der Waals surface area contributed by atoms with Crippen molar-refractivity contribution in [3.8, 4) is 17.0 Å². The minimum absolute atomic E-state index is 0.0285. The van der Waals surface area contributed by atoms with E-state index in [0.717, 1.165) is 60.3 Å². The van der Waals surface area contributed by atoms with Gasteiger partial charge in [-0.25, -0.2) is 4.98 Å². The molecule has 0 bridgehead atoms. The molecule has 40 heavy (non-hydrogen) atoms. The van der Waals surface area contributed by atoms with Gasteiger partial charge in [0.05, 0.1) is 5.56 Å². The maximum Gasteiger partial charge on any atom is 0.416 e. The van der Waals surface area contributed by atoms with Gasteiger partial charge in [-0.05, 0) is 59.4 Å². The van der Waals surface area contributed by atoms with Gasteiger partial charge >= 0.3 is 6.18 Å². The van der Waals surface area contributed by atoms with E-state index < -0.39 is 11.7 Å². The number of hydrogen-bond acceptors (Lipinski definition) is 4. The van der Waals surface area contributed by atoms with Crippen molar-refractivity contribution in [1.29, 1.82) is 0 Å². The van der Waals surface area contributed by atoms with E-state index in [-0.39, 0.29) is 12.0 Å². The number of benzene rings is 3. The van der Waals surface area contributed by atoms with Gasteiger partial charge in [0, 0.05) is 44.0 Å². The summed E-state index contributed by atoms with van der Waals surface area (Å²) in [5.74, 6) is 0.385. The van der Waals surface area contributed by atoms with Gasteiger partial charge < -0.3 is 10.1 Å². The quantitative estimate of drug-likeness (QED) is 0.266. The molecule has 0 spiro atoms. The van der Waals surface area contributed by atoms with Crippen LogP contribution in [0.1, 0.15) is 39.9 Å². The van der Waals surface area contributed by atoms with E-state index in [1.807, 2.05) is 66.7 Å². The number of nitrogens with zero attached hydrogens (tertiary/aromatic N) is 2. The Morgan fingerprint density at radius 1 is 0.850 bits per heavy atom. The summed E-state index contributed by atoms with van der Waals surface area (Å²) in [6.45, 7) is 2.56. The van der Waals surface area contributed by atoms with Crippen molar-refractivity contribution >= 4 is 5.91 Å². The molecule has 5 nitrogen and oxygen atoms in total. The molecule has 1 saturated heterocycles. The maximum atomic E-state index is 12.8. The number of amides is 1. The fraction of sp³-hybridized carbons (Fsp3) is 0.250. The molecule has 1 amide bonds. The number of likely N-dealkylation sites (tertiary alicyclic amines) is 1. The summed E-state index contributed by atoms with van der Waals surface area (Å²) < 4.78 is 44.4. The Morgan fingerprint density at radius 3 is 2.12 bits per heavy atom. The Morgan fingerprint density at radius 2 is 1.50 bits per heavy atom. The molecular formula is C32H30F3N3O2. The number of carbonyl (C=O) groups is 1. The molecule has 5 rings (SSSR count). The number of piperidine rings is 1. The highest BCUT2D eigenvalue weighted by atomic mass is 19.4. The summed E-state index contributed by atoms with van der Waals surface area (Å²) in [5.41, 5.74) is 3.86. The van der Waals surface area contributed by atoms with Crippen molar-refractivity contribution in [2.45, 2.75) is 38.2 Å². The molecular weight excluding hydrogens is 515 g/mol. The second-order valence-electron chi connectivity index (χ2n) is 9.92. The fourth-order valence-corrected chi connectivity index (χ4v) is 4.73. The first-order valence-electron chi connectivity index (χ1n) is 13.3. The largest absolute Gasteiger partial charge is 0.474 e. The van der Waals surface area contributed by atoms with Gasteiger partial charge in [-0.3, -0.25) is 9.69 Å². The predicted molar refractivity (Wildman–Crippen MR) is 148 cm³/mol. The van der Waals surface area contributed by atoms with Crippen LogP contribution in [0.2, 0.25) is 0 Å². The first kappa shape index (κ1) is 27.4. The van der Waals surface area contributed by atoms with Crippen LogP contribution < -0.4 is 10.1 Å². The van der Waals surface area contributed by atoms with E-state index in [0.29, 0.717) is 24.5 Å². The molecule has 3 aromatic carbocycles. The third-order valence-electron chi connectivity index (χ3n) is 7.01. The summed E-state index contributed by atoms with van der Waals surface area (Å²) >= 11 is 0. The van der Waals surface area contributed by atoms with E-state index in [4.69, 9.17) is 4.74 Å². The first-order valence-corrected chi connectivity index (χ1v) is 13.3. The molecule has 0 atom stereocenters. The second kappa shape index (κ2) is 12.3. The van der Waals surface area contributed by atoms with Gasteiger partial charge in [0.25, 0.3) is 5.91 Å². The highest BCUT2D eigenvalue weighted by molar-refractivity contribution is 5.94. The van der Waals surface area contributed by atoms with Crippen LogP contribution in [0.5, 0.6) is 5.88 Å². The lowest BCUT2D eigenvalue weighted by Crippen LogP contribution is -2.37. The fourth-order valence-electron chi connectivity index (χ4n) is 4.73. The normalized spacial score (nSPS) is 14.6. The van der Waals surface area contributed by atoms with E-state index in [2.05, 4.69) is 15.2 Å². The van der Waals surface area contributed by atoms with E-state index >= 15 is 0 Å². The lowest BCUT2D eigenvalue weighted by molar-refractivity contribution is -0.137. The second-order valence-corrected chi connectivity index (χ2v) is 9.92. The van der Waals surface area contributed by atoms with Crippen molar-refractivity contribution in [2.24, 2.45) is 0 Å². The number of alkyl halides is 3. The molecule has 0 unspecified atom stereocenters. The maximum absolute atomic E-state index is 12.8. The van der Waals surface area contributed by atoms with Gasteiger partial charge in [0.15, 0.2) is 0 Å². The van der Waals surface area contributed by atoms with Crippen molar-refractivity contribution < 1.29 is 22.7 Å². The van der Waals surface area contributed by atoms with Crippen LogP contribution >= 0.6 is 0 Å². The zero-order chi connectivity index (χ0) is 28.0. The van der Waals surface area contributed by atoms with Crippen molar-refractivity contribution in [2.75, 3.05) is 13.1 Å². The topological polar surface area (TPSA) is 54.5 Å². The van der Waals surface area contributed by atoms with Crippen molar-refractivity contribution in [3.63, 3.8) is 0 Å². The third kappa shape index (κ3) is 7.27. The Kier molecular flexibility index (Phi) is 8.45. The Bertz CT molecular complexity index is 1380. The minimum atomic E-state index is -4.32. The first-order chi connectivity index (χ1) is 19.3.